The Bertz CT molecular complexity index is 895. The molecule has 3 rings (SSSR count). The van der Waals surface area contributed by atoms with E-state index in [0.717, 1.165) is 43.0 Å². The van der Waals surface area contributed by atoms with Crippen molar-refractivity contribution in [2.75, 3.05) is 20.1 Å². The number of sulfonamides is 1. The first kappa shape index (κ1) is 18.9. The van der Waals surface area contributed by atoms with Gasteiger partial charge >= 0.3 is 0 Å². The van der Waals surface area contributed by atoms with Crippen molar-refractivity contribution in [3.63, 3.8) is 0 Å². The third kappa shape index (κ3) is 3.76. The zero-order valence-electron chi connectivity index (χ0n) is 15.4. The predicted molar refractivity (Wildman–Crippen MR) is 103 cm³/mol. The molecule has 0 saturated carbocycles. The Morgan fingerprint density at radius 1 is 1.15 bits per heavy atom. The van der Waals surface area contributed by atoms with E-state index < -0.39 is 10.0 Å². The average Bonchev–Trinajstić information content (AvgIpc) is 2.67. The number of amides is 1. The summed E-state index contributed by atoms with van der Waals surface area (Å²) < 4.78 is 27.0. The second kappa shape index (κ2) is 7.76. The lowest BCUT2D eigenvalue weighted by Gasteiger charge is -2.36. The average molecular weight is 375 g/mol. The SMILES string of the molecule is CC[C@@H]1CCCCN1C(=O)CN(C)S(=O)(=O)c1ccc2ccccc2c1. The molecule has 0 radical (unpaired) electrons. The molecule has 5 nitrogen and oxygen atoms in total. The number of hydrogen-bond donors (Lipinski definition) is 0. The normalized spacial score (nSPS) is 18.4. The van der Waals surface area contributed by atoms with Gasteiger partial charge in [-0.05, 0) is 48.6 Å². The van der Waals surface area contributed by atoms with Crippen molar-refractivity contribution in [1.29, 1.82) is 0 Å². The lowest BCUT2D eigenvalue weighted by molar-refractivity contribution is -0.134. The number of hydrogen-bond acceptors (Lipinski definition) is 3. The summed E-state index contributed by atoms with van der Waals surface area (Å²) in [5, 5.41) is 1.86. The van der Waals surface area contributed by atoms with Crippen LogP contribution in [0.5, 0.6) is 0 Å². The first-order chi connectivity index (χ1) is 12.4. The van der Waals surface area contributed by atoms with Gasteiger partial charge in [0, 0.05) is 19.6 Å². The van der Waals surface area contributed by atoms with Crippen LogP contribution in [0.2, 0.25) is 0 Å². The Morgan fingerprint density at radius 3 is 2.62 bits per heavy atom. The van der Waals surface area contributed by atoms with Crippen LogP contribution in [0.1, 0.15) is 32.6 Å². The quantitative estimate of drug-likeness (QED) is 0.807. The molecule has 26 heavy (non-hydrogen) atoms. The third-order valence-electron chi connectivity index (χ3n) is 5.21. The highest BCUT2D eigenvalue weighted by Gasteiger charge is 2.29. The van der Waals surface area contributed by atoms with Crippen molar-refractivity contribution in [2.45, 2.75) is 43.5 Å². The summed E-state index contributed by atoms with van der Waals surface area (Å²) >= 11 is 0. The van der Waals surface area contributed by atoms with Crippen LogP contribution in [0.25, 0.3) is 10.8 Å². The molecule has 140 valence electrons. The number of benzene rings is 2. The number of likely N-dealkylation sites (tertiary alicyclic amines) is 1. The number of nitrogens with zero attached hydrogens (tertiary/aromatic N) is 2. The number of rotatable bonds is 5. The van der Waals surface area contributed by atoms with E-state index in [1.165, 1.54) is 11.4 Å². The van der Waals surface area contributed by atoms with Crippen LogP contribution in [0.15, 0.2) is 47.4 Å². The predicted octanol–water partition coefficient (Wildman–Crippen LogP) is 3.25. The molecule has 6 heteroatoms. The lowest BCUT2D eigenvalue weighted by atomic mass is 10.00. The van der Waals surface area contributed by atoms with Crippen molar-refractivity contribution in [1.82, 2.24) is 9.21 Å². The van der Waals surface area contributed by atoms with Gasteiger partial charge in [0.25, 0.3) is 0 Å². The zero-order valence-corrected chi connectivity index (χ0v) is 16.2. The fourth-order valence-electron chi connectivity index (χ4n) is 3.63. The number of carbonyl (C=O) groups is 1. The van der Waals surface area contributed by atoms with E-state index in [9.17, 15) is 13.2 Å². The summed E-state index contributed by atoms with van der Waals surface area (Å²) in [4.78, 5) is 14.8. The molecule has 0 aliphatic carbocycles. The summed E-state index contributed by atoms with van der Waals surface area (Å²) in [5.41, 5.74) is 0. The number of likely N-dealkylation sites (N-methyl/N-ethyl adjacent to an activating group) is 1. The maximum Gasteiger partial charge on any atom is 0.243 e. The second-order valence-electron chi connectivity index (χ2n) is 6.92. The van der Waals surface area contributed by atoms with Gasteiger partial charge in [0.1, 0.15) is 0 Å². The monoisotopic (exact) mass is 374 g/mol. The van der Waals surface area contributed by atoms with E-state index in [1.54, 1.807) is 18.2 Å². The molecule has 1 heterocycles. The Hall–Kier alpha value is -1.92. The van der Waals surface area contributed by atoms with Gasteiger partial charge in [-0.25, -0.2) is 8.42 Å². The Morgan fingerprint density at radius 2 is 1.88 bits per heavy atom. The van der Waals surface area contributed by atoms with Crippen LogP contribution in [0.4, 0.5) is 0 Å². The fraction of sp³-hybridized carbons (Fsp3) is 0.450. The summed E-state index contributed by atoms with van der Waals surface area (Å²) in [6.07, 6.45) is 4.03. The highest BCUT2D eigenvalue weighted by Crippen LogP contribution is 2.23. The van der Waals surface area contributed by atoms with Crippen molar-refractivity contribution < 1.29 is 13.2 Å². The minimum atomic E-state index is -3.70. The molecular weight excluding hydrogens is 348 g/mol. The van der Waals surface area contributed by atoms with Gasteiger partial charge in [-0.3, -0.25) is 4.79 Å². The standard InChI is InChI=1S/C20H26N2O3S/c1-3-18-10-6-7-13-22(18)20(23)15-21(2)26(24,25)19-12-11-16-8-4-5-9-17(16)14-19/h4-5,8-9,11-12,14,18H,3,6-7,10,13,15H2,1-2H3/t18-/m1/s1. The van der Waals surface area contributed by atoms with E-state index >= 15 is 0 Å². The van der Waals surface area contributed by atoms with Crippen LogP contribution in [0.3, 0.4) is 0 Å². The maximum absolute atomic E-state index is 12.9. The Kier molecular flexibility index (Phi) is 5.63. The molecule has 1 aliphatic heterocycles. The number of fused-ring (bicyclic) bond motifs is 1. The molecule has 1 atom stereocenters. The zero-order chi connectivity index (χ0) is 18.7. The molecular formula is C20H26N2O3S. The molecule has 1 amide bonds. The van der Waals surface area contributed by atoms with Gasteiger partial charge in [-0.15, -0.1) is 0 Å². The molecule has 0 bridgehead atoms. The van der Waals surface area contributed by atoms with Gasteiger partial charge in [0.05, 0.1) is 11.4 Å². The summed E-state index contributed by atoms with van der Waals surface area (Å²) in [7, 11) is -2.22. The van der Waals surface area contributed by atoms with Crippen molar-refractivity contribution in [3.05, 3.63) is 42.5 Å². The Balaban J connectivity index is 1.78. The first-order valence-corrected chi connectivity index (χ1v) is 10.6. The van der Waals surface area contributed by atoms with Crippen molar-refractivity contribution in [2.24, 2.45) is 0 Å². The largest absolute Gasteiger partial charge is 0.339 e. The molecule has 0 N–H and O–H groups in total. The first-order valence-electron chi connectivity index (χ1n) is 9.18. The van der Waals surface area contributed by atoms with E-state index in [0.29, 0.717) is 0 Å². The smallest absolute Gasteiger partial charge is 0.243 e. The highest BCUT2D eigenvalue weighted by atomic mass is 32.2. The second-order valence-corrected chi connectivity index (χ2v) is 8.96. The summed E-state index contributed by atoms with van der Waals surface area (Å²) in [6.45, 7) is 2.68. The van der Waals surface area contributed by atoms with Crippen molar-refractivity contribution in [3.8, 4) is 0 Å². The molecule has 0 unspecified atom stereocenters. The molecule has 2 aromatic carbocycles. The lowest BCUT2D eigenvalue weighted by Crippen LogP contribution is -2.48. The Labute approximate surface area is 155 Å². The highest BCUT2D eigenvalue weighted by molar-refractivity contribution is 7.89. The van der Waals surface area contributed by atoms with Crippen LogP contribution in [0, 0.1) is 0 Å². The van der Waals surface area contributed by atoms with Gasteiger partial charge in [0.15, 0.2) is 0 Å². The van der Waals surface area contributed by atoms with E-state index in [1.807, 2.05) is 29.2 Å². The van der Waals surface area contributed by atoms with Crippen molar-refractivity contribution >= 4 is 26.7 Å². The molecule has 0 aromatic heterocycles. The van der Waals surface area contributed by atoms with Gasteiger partial charge < -0.3 is 4.90 Å². The molecule has 2 aromatic rings. The van der Waals surface area contributed by atoms with E-state index in [-0.39, 0.29) is 23.4 Å². The topological polar surface area (TPSA) is 57.7 Å². The van der Waals surface area contributed by atoms with Crippen LogP contribution in [-0.2, 0) is 14.8 Å². The van der Waals surface area contributed by atoms with Crippen LogP contribution >= 0.6 is 0 Å². The van der Waals surface area contributed by atoms with E-state index in [4.69, 9.17) is 0 Å². The molecule has 1 saturated heterocycles. The van der Waals surface area contributed by atoms with Gasteiger partial charge in [0.2, 0.25) is 15.9 Å². The van der Waals surface area contributed by atoms with E-state index in [2.05, 4.69) is 6.92 Å². The van der Waals surface area contributed by atoms with Gasteiger partial charge in [-0.2, -0.15) is 4.31 Å². The minimum Gasteiger partial charge on any atom is -0.339 e. The molecule has 1 fully saturated rings. The minimum absolute atomic E-state index is 0.108. The number of piperidine rings is 1. The number of carbonyl (C=O) groups excluding carboxylic acids is 1. The van der Waals surface area contributed by atoms with Crippen LogP contribution < -0.4 is 0 Å². The van der Waals surface area contributed by atoms with Crippen LogP contribution in [-0.4, -0.2) is 49.7 Å². The molecule has 1 aliphatic rings. The maximum atomic E-state index is 12.9. The summed E-state index contributed by atoms with van der Waals surface area (Å²) in [6, 6.07) is 12.9. The molecule has 0 spiro atoms. The third-order valence-corrected chi connectivity index (χ3v) is 7.01. The van der Waals surface area contributed by atoms with Gasteiger partial charge in [-0.1, -0.05) is 37.3 Å². The fourth-order valence-corrected chi connectivity index (χ4v) is 4.78. The summed E-state index contributed by atoms with van der Waals surface area (Å²) in [5.74, 6) is -0.108.